The molecule has 0 fully saturated rings. The largest absolute Gasteiger partial charge is 0.496 e. The van der Waals surface area contributed by atoms with Crippen molar-refractivity contribution in [1.82, 2.24) is 24.1 Å². The molecule has 1 amide bonds. The first-order chi connectivity index (χ1) is 16.6. The Bertz CT molecular complexity index is 1420. The number of rotatable bonds is 10. The standard InChI is InChI=1S/C25H25N5O3S/c1-4-14-28(15-5-2)22(31)17-34-25-27-26-24-29(16-18-10-6-9-13-21(18)33-3)23(32)19-11-7-8-12-20(19)30(24)25/h4-13H,1-2,14-17H2,3H3. The summed E-state index contributed by atoms with van der Waals surface area (Å²) in [5.74, 6) is 1.19. The third-order valence-corrected chi connectivity index (χ3v) is 6.29. The van der Waals surface area contributed by atoms with E-state index in [1.165, 1.54) is 11.8 Å². The zero-order valence-electron chi connectivity index (χ0n) is 18.9. The molecule has 0 unspecified atom stereocenters. The molecule has 0 saturated carbocycles. The number of benzene rings is 2. The monoisotopic (exact) mass is 475 g/mol. The summed E-state index contributed by atoms with van der Waals surface area (Å²) in [6.07, 6.45) is 3.37. The van der Waals surface area contributed by atoms with Crippen molar-refractivity contribution in [1.29, 1.82) is 0 Å². The molecule has 0 atom stereocenters. The van der Waals surface area contributed by atoms with Crippen LogP contribution in [0.5, 0.6) is 5.75 Å². The van der Waals surface area contributed by atoms with Gasteiger partial charge in [0, 0.05) is 18.7 Å². The molecular weight excluding hydrogens is 450 g/mol. The minimum Gasteiger partial charge on any atom is -0.496 e. The van der Waals surface area contributed by atoms with Crippen LogP contribution in [0.25, 0.3) is 16.7 Å². The Morgan fingerprint density at radius 1 is 1.09 bits per heavy atom. The zero-order chi connectivity index (χ0) is 24.1. The predicted molar refractivity (Wildman–Crippen MR) is 135 cm³/mol. The topological polar surface area (TPSA) is 81.7 Å². The Kier molecular flexibility index (Phi) is 7.12. The molecule has 0 aliphatic rings. The maximum absolute atomic E-state index is 13.4. The molecule has 0 radical (unpaired) electrons. The van der Waals surface area contributed by atoms with Gasteiger partial charge in [0.25, 0.3) is 5.56 Å². The summed E-state index contributed by atoms with van der Waals surface area (Å²) < 4.78 is 8.88. The third kappa shape index (κ3) is 4.47. The zero-order valence-corrected chi connectivity index (χ0v) is 19.7. The van der Waals surface area contributed by atoms with Gasteiger partial charge >= 0.3 is 0 Å². The summed E-state index contributed by atoms with van der Waals surface area (Å²) in [6, 6.07) is 14.9. The number of fused-ring (bicyclic) bond motifs is 3. The van der Waals surface area contributed by atoms with Gasteiger partial charge < -0.3 is 9.64 Å². The normalized spacial score (nSPS) is 11.0. The Morgan fingerprint density at radius 3 is 2.53 bits per heavy atom. The third-order valence-electron chi connectivity index (χ3n) is 5.38. The van der Waals surface area contributed by atoms with E-state index in [0.29, 0.717) is 40.7 Å². The van der Waals surface area contributed by atoms with Crippen LogP contribution in [0.4, 0.5) is 0 Å². The van der Waals surface area contributed by atoms with Crippen LogP contribution in [0.1, 0.15) is 5.56 Å². The van der Waals surface area contributed by atoms with E-state index < -0.39 is 0 Å². The van der Waals surface area contributed by atoms with E-state index in [2.05, 4.69) is 23.4 Å². The number of carbonyl (C=O) groups is 1. The molecule has 4 aromatic rings. The number of thioether (sulfide) groups is 1. The molecule has 0 spiro atoms. The van der Waals surface area contributed by atoms with Gasteiger partial charge in [-0.2, -0.15) is 0 Å². The number of para-hydroxylation sites is 2. The first-order valence-electron chi connectivity index (χ1n) is 10.7. The van der Waals surface area contributed by atoms with Crippen LogP contribution in [0.3, 0.4) is 0 Å². The predicted octanol–water partition coefficient (Wildman–Crippen LogP) is 3.39. The van der Waals surface area contributed by atoms with Gasteiger partial charge in [0.15, 0.2) is 5.16 Å². The molecule has 2 aromatic carbocycles. The average Bonchev–Trinajstić information content (AvgIpc) is 3.29. The lowest BCUT2D eigenvalue weighted by molar-refractivity contribution is -0.127. The molecule has 2 heterocycles. The van der Waals surface area contributed by atoms with Gasteiger partial charge in [0.1, 0.15) is 5.75 Å². The van der Waals surface area contributed by atoms with Crippen molar-refractivity contribution in [2.24, 2.45) is 0 Å². The van der Waals surface area contributed by atoms with Gasteiger partial charge in [-0.15, -0.1) is 23.4 Å². The highest BCUT2D eigenvalue weighted by Gasteiger charge is 2.19. The molecule has 174 valence electrons. The fourth-order valence-corrected chi connectivity index (χ4v) is 4.62. The summed E-state index contributed by atoms with van der Waals surface area (Å²) in [4.78, 5) is 27.8. The van der Waals surface area contributed by atoms with E-state index in [0.717, 1.165) is 5.56 Å². The molecule has 0 saturated heterocycles. The van der Waals surface area contributed by atoms with E-state index in [1.54, 1.807) is 34.8 Å². The lowest BCUT2D eigenvalue weighted by Gasteiger charge is -2.18. The number of nitrogens with zero attached hydrogens (tertiary/aromatic N) is 5. The second-order valence-corrected chi connectivity index (χ2v) is 8.45. The maximum Gasteiger partial charge on any atom is 0.263 e. The lowest BCUT2D eigenvalue weighted by atomic mass is 10.2. The van der Waals surface area contributed by atoms with Crippen LogP contribution < -0.4 is 10.3 Å². The SMILES string of the molecule is C=CCN(CC=C)C(=O)CSc1nnc2n(Cc3ccccc3OC)c(=O)c3ccccc3n12. The van der Waals surface area contributed by atoms with Crippen LogP contribution in [-0.4, -0.2) is 55.9 Å². The highest BCUT2D eigenvalue weighted by Crippen LogP contribution is 2.24. The van der Waals surface area contributed by atoms with E-state index in [-0.39, 0.29) is 23.8 Å². The Morgan fingerprint density at radius 2 is 1.79 bits per heavy atom. The van der Waals surface area contributed by atoms with Crippen LogP contribution in [0.15, 0.2) is 83.8 Å². The molecule has 0 aliphatic carbocycles. The molecule has 0 aliphatic heterocycles. The highest BCUT2D eigenvalue weighted by molar-refractivity contribution is 7.99. The summed E-state index contributed by atoms with van der Waals surface area (Å²) in [5.41, 5.74) is 1.37. The van der Waals surface area contributed by atoms with E-state index in [1.807, 2.05) is 46.9 Å². The smallest absolute Gasteiger partial charge is 0.263 e. The van der Waals surface area contributed by atoms with Gasteiger partial charge in [-0.1, -0.05) is 54.2 Å². The van der Waals surface area contributed by atoms with Gasteiger partial charge in [0.2, 0.25) is 11.7 Å². The number of hydrogen-bond acceptors (Lipinski definition) is 6. The fraction of sp³-hybridized carbons (Fsp3) is 0.200. The quantitative estimate of drug-likeness (QED) is 0.258. The summed E-state index contributed by atoms with van der Waals surface area (Å²) in [6.45, 7) is 8.57. The molecule has 0 bridgehead atoms. The molecule has 34 heavy (non-hydrogen) atoms. The van der Waals surface area contributed by atoms with Crippen molar-refractivity contribution in [3.8, 4) is 5.75 Å². The second-order valence-electron chi connectivity index (χ2n) is 7.50. The first kappa shape index (κ1) is 23.3. The van der Waals surface area contributed by atoms with E-state index in [9.17, 15) is 9.59 Å². The molecule has 2 aromatic heterocycles. The number of hydrogen-bond donors (Lipinski definition) is 0. The number of carbonyl (C=O) groups excluding carboxylic acids is 1. The minimum absolute atomic E-state index is 0.0619. The molecule has 0 N–H and O–H groups in total. The van der Waals surface area contributed by atoms with Crippen molar-refractivity contribution in [2.45, 2.75) is 11.7 Å². The van der Waals surface area contributed by atoms with Crippen molar-refractivity contribution in [3.63, 3.8) is 0 Å². The van der Waals surface area contributed by atoms with Gasteiger partial charge in [-0.25, -0.2) is 0 Å². The van der Waals surface area contributed by atoms with Crippen LogP contribution >= 0.6 is 11.8 Å². The lowest BCUT2D eigenvalue weighted by Crippen LogP contribution is -2.32. The number of amides is 1. The molecular formula is C25H25N5O3S. The van der Waals surface area contributed by atoms with E-state index in [4.69, 9.17) is 4.74 Å². The molecule has 8 nitrogen and oxygen atoms in total. The summed E-state index contributed by atoms with van der Waals surface area (Å²) >= 11 is 1.28. The average molecular weight is 476 g/mol. The number of aromatic nitrogens is 4. The van der Waals surface area contributed by atoms with Gasteiger partial charge in [-0.3, -0.25) is 18.6 Å². The molecule has 9 heteroatoms. The number of ether oxygens (including phenoxy) is 1. The van der Waals surface area contributed by atoms with Gasteiger partial charge in [-0.05, 0) is 18.2 Å². The van der Waals surface area contributed by atoms with Crippen molar-refractivity contribution in [3.05, 3.63) is 89.8 Å². The van der Waals surface area contributed by atoms with Crippen molar-refractivity contribution < 1.29 is 9.53 Å². The first-order valence-corrected chi connectivity index (χ1v) is 11.7. The van der Waals surface area contributed by atoms with E-state index >= 15 is 0 Å². The minimum atomic E-state index is -0.169. The second kappa shape index (κ2) is 10.4. The van der Waals surface area contributed by atoms with Crippen molar-refractivity contribution in [2.75, 3.05) is 26.0 Å². The van der Waals surface area contributed by atoms with Crippen molar-refractivity contribution >= 4 is 34.3 Å². The summed E-state index contributed by atoms with van der Waals surface area (Å²) in [5, 5.41) is 9.73. The summed E-state index contributed by atoms with van der Waals surface area (Å²) in [7, 11) is 1.60. The van der Waals surface area contributed by atoms with Gasteiger partial charge in [0.05, 0.1) is 30.3 Å². The fourth-order valence-electron chi connectivity index (χ4n) is 3.78. The van der Waals surface area contributed by atoms with Crippen LogP contribution in [0, 0.1) is 0 Å². The van der Waals surface area contributed by atoms with Crippen LogP contribution in [-0.2, 0) is 11.3 Å². The van der Waals surface area contributed by atoms with Crippen LogP contribution in [0.2, 0.25) is 0 Å². The maximum atomic E-state index is 13.4. The Hall–Kier alpha value is -3.85. The Balaban J connectivity index is 1.77. The molecule has 4 rings (SSSR count). The highest BCUT2D eigenvalue weighted by atomic mass is 32.2. The Labute approximate surface area is 201 Å². The number of methoxy groups -OCH3 is 1.